The maximum Gasteiger partial charge on any atom is 0.314 e. The number of amides is 2. The summed E-state index contributed by atoms with van der Waals surface area (Å²) in [6, 6.07) is 4.84. The predicted molar refractivity (Wildman–Crippen MR) is 112 cm³/mol. The Hall–Kier alpha value is -2.88. The van der Waals surface area contributed by atoms with Crippen molar-refractivity contribution in [3.8, 4) is 11.5 Å². The Bertz CT molecular complexity index is 1060. The van der Waals surface area contributed by atoms with Gasteiger partial charge in [-0.3, -0.25) is 9.59 Å². The summed E-state index contributed by atoms with van der Waals surface area (Å²) in [4.78, 5) is 28.1. The Morgan fingerprint density at radius 2 is 2.03 bits per heavy atom. The molecule has 2 heterocycles. The molecule has 0 bridgehead atoms. The monoisotopic (exact) mass is 460 g/mol. The number of hydrogen-bond acceptors (Lipinski definition) is 6. The first kappa shape index (κ1) is 21.9. The van der Waals surface area contributed by atoms with E-state index in [-0.39, 0.29) is 29.8 Å². The number of methoxy groups -OCH3 is 1. The van der Waals surface area contributed by atoms with Crippen molar-refractivity contribution in [3.05, 3.63) is 35.2 Å². The van der Waals surface area contributed by atoms with E-state index in [1.807, 2.05) is 4.90 Å². The average Bonchev–Trinajstić information content (AvgIpc) is 3.39. The molecule has 1 aliphatic heterocycles. The van der Waals surface area contributed by atoms with Crippen LogP contribution in [0.5, 0.6) is 0 Å². The molecule has 2 amide bonds. The van der Waals surface area contributed by atoms with Gasteiger partial charge in [0.05, 0.1) is 6.04 Å². The van der Waals surface area contributed by atoms with Crippen molar-refractivity contribution in [3.63, 3.8) is 0 Å². The molecular weight excluding hydrogens is 434 g/mol. The Balaban J connectivity index is 1.35. The molecular formula is C23H26F2N4O4. The molecule has 2 fully saturated rings. The predicted octanol–water partition coefficient (Wildman–Crippen LogP) is 3.63. The van der Waals surface area contributed by atoms with Crippen LogP contribution < -0.4 is 5.32 Å². The molecule has 1 aromatic heterocycles. The third-order valence-corrected chi connectivity index (χ3v) is 7.23. The van der Waals surface area contributed by atoms with Crippen LogP contribution in [0.1, 0.15) is 73.2 Å². The Morgan fingerprint density at radius 3 is 2.70 bits per heavy atom. The van der Waals surface area contributed by atoms with E-state index in [1.54, 1.807) is 25.3 Å². The highest BCUT2D eigenvalue weighted by atomic mass is 19.3. The molecule has 0 saturated heterocycles. The normalized spacial score (nSPS) is 24.0. The number of benzene rings is 1. The fraction of sp³-hybridized carbons (Fsp3) is 0.565. The number of carbonyl (C=O) groups is 2. The number of halogens is 2. The van der Waals surface area contributed by atoms with Crippen molar-refractivity contribution in [2.75, 3.05) is 7.11 Å². The van der Waals surface area contributed by atoms with Crippen molar-refractivity contribution >= 4 is 11.8 Å². The fourth-order valence-corrected chi connectivity index (χ4v) is 5.14. The Kier molecular flexibility index (Phi) is 5.64. The lowest BCUT2D eigenvalue weighted by Crippen LogP contribution is -2.60. The quantitative estimate of drug-likeness (QED) is 0.707. The van der Waals surface area contributed by atoms with Gasteiger partial charge in [-0.05, 0) is 49.8 Å². The van der Waals surface area contributed by atoms with E-state index in [9.17, 15) is 18.4 Å². The number of rotatable bonds is 6. The van der Waals surface area contributed by atoms with Crippen molar-refractivity contribution in [1.82, 2.24) is 20.4 Å². The summed E-state index contributed by atoms with van der Waals surface area (Å²) in [5, 5.41) is 10.2. The summed E-state index contributed by atoms with van der Waals surface area (Å²) in [7, 11) is 1.57. The van der Waals surface area contributed by atoms with E-state index >= 15 is 0 Å². The maximum absolute atomic E-state index is 13.3. The van der Waals surface area contributed by atoms with Crippen LogP contribution in [0.4, 0.5) is 8.78 Å². The number of nitrogens with one attached hydrogen (secondary N) is 1. The molecule has 2 atom stereocenters. The first-order chi connectivity index (χ1) is 15.9. The highest BCUT2D eigenvalue weighted by molar-refractivity contribution is 5.99. The second-order valence-corrected chi connectivity index (χ2v) is 9.03. The van der Waals surface area contributed by atoms with Crippen LogP contribution in [0, 0.1) is 0 Å². The first-order valence-corrected chi connectivity index (χ1v) is 11.3. The Morgan fingerprint density at radius 1 is 1.24 bits per heavy atom. The van der Waals surface area contributed by atoms with Gasteiger partial charge in [0.1, 0.15) is 5.60 Å². The highest BCUT2D eigenvalue weighted by Gasteiger charge is 2.47. The van der Waals surface area contributed by atoms with E-state index < -0.39 is 17.9 Å². The molecule has 1 N–H and O–H groups in total. The second-order valence-electron chi connectivity index (χ2n) is 9.03. The zero-order valence-corrected chi connectivity index (χ0v) is 18.4. The Labute approximate surface area is 189 Å². The summed E-state index contributed by atoms with van der Waals surface area (Å²) < 4.78 is 36.1. The summed E-state index contributed by atoms with van der Waals surface area (Å²) in [6.45, 7) is 0.438. The van der Waals surface area contributed by atoms with Gasteiger partial charge < -0.3 is 19.4 Å². The van der Waals surface area contributed by atoms with E-state index in [1.165, 1.54) is 0 Å². The molecule has 0 radical (unpaired) electrons. The van der Waals surface area contributed by atoms with Crippen molar-refractivity contribution in [2.24, 2.45) is 0 Å². The molecule has 2 aromatic rings. The largest absolute Gasteiger partial charge is 0.415 e. The van der Waals surface area contributed by atoms with E-state index in [0.717, 1.165) is 37.7 Å². The first-order valence-electron chi connectivity index (χ1n) is 11.3. The number of alkyl halides is 2. The van der Waals surface area contributed by atoms with Crippen LogP contribution in [0.15, 0.2) is 22.6 Å². The van der Waals surface area contributed by atoms with E-state index in [2.05, 4.69) is 15.5 Å². The summed E-state index contributed by atoms with van der Waals surface area (Å²) in [5.74, 6) is -1.03. The molecule has 5 rings (SSSR count). The van der Waals surface area contributed by atoms with Gasteiger partial charge in [-0.2, -0.15) is 8.78 Å². The number of fused-ring (bicyclic) bond motifs is 1. The van der Waals surface area contributed by atoms with Gasteiger partial charge in [-0.25, -0.2) is 0 Å². The third kappa shape index (κ3) is 3.80. The molecule has 1 aromatic carbocycles. The number of ether oxygens (including phenoxy) is 1. The maximum atomic E-state index is 13.3. The second kappa shape index (κ2) is 8.48. The number of carbonyl (C=O) groups excluding carboxylic acids is 2. The van der Waals surface area contributed by atoms with Crippen LogP contribution in [0.25, 0.3) is 11.5 Å². The molecule has 0 unspecified atom stereocenters. The zero-order chi connectivity index (χ0) is 23.2. The fourth-order valence-electron chi connectivity index (χ4n) is 5.14. The average molecular weight is 460 g/mol. The van der Waals surface area contributed by atoms with Gasteiger partial charge in [-0.15, -0.1) is 10.2 Å². The standard InChI is InChI=1S/C23H26F2N4O4/c1-32-23(9-4-10-23)22(31)26-16-5-2-3-6-17(16)29-12-14-8-7-13(11-15(14)21(29)30)19-27-28-20(33-19)18(24)25/h7-8,11,16-18H,2-6,9-10,12H2,1H3,(H,26,31)/t16-,17-/m1/s1. The molecule has 2 saturated carbocycles. The van der Waals surface area contributed by atoms with Crippen LogP contribution in [-0.4, -0.2) is 51.7 Å². The summed E-state index contributed by atoms with van der Waals surface area (Å²) in [5.41, 5.74) is 1.02. The van der Waals surface area contributed by atoms with Crippen molar-refractivity contribution in [2.45, 2.75) is 75.6 Å². The summed E-state index contributed by atoms with van der Waals surface area (Å²) in [6.07, 6.45) is 3.13. The van der Waals surface area contributed by atoms with Gasteiger partial charge in [0.25, 0.3) is 17.7 Å². The molecule has 8 nitrogen and oxygen atoms in total. The van der Waals surface area contributed by atoms with Gasteiger partial charge in [0.2, 0.25) is 5.89 Å². The lowest BCUT2D eigenvalue weighted by atomic mass is 9.78. The van der Waals surface area contributed by atoms with E-state index in [0.29, 0.717) is 30.5 Å². The number of hydrogen-bond donors (Lipinski definition) is 1. The smallest absolute Gasteiger partial charge is 0.314 e. The zero-order valence-electron chi connectivity index (χ0n) is 18.4. The van der Waals surface area contributed by atoms with Crippen LogP contribution in [-0.2, 0) is 16.1 Å². The molecule has 33 heavy (non-hydrogen) atoms. The lowest BCUT2D eigenvalue weighted by molar-refractivity contribution is -0.155. The van der Waals surface area contributed by atoms with Gasteiger partial charge in [-0.1, -0.05) is 18.9 Å². The minimum Gasteiger partial charge on any atom is -0.415 e. The third-order valence-electron chi connectivity index (χ3n) is 7.23. The van der Waals surface area contributed by atoms with Gasteiger partial charge in [0.15, 0.2) is 0 Å². The van der Waals surface area contributed by atoms with Gasteiger partial charge in [0, 0.05) is 30.8 Å². The van der Waals surface area contributed by atoms with Crippen LogP contribution >= 0.6 is 0 Å². The van der Waals surface area contributed by atoms with E-state index in [4.69, 9.17) is 9.15 Å². The van der Waals surface area contributed by atoms with Crippen LogP contribution in [0.2, 0.25) is 0 Å². The number of nitrogens with zero attached hydrogens (tertiary/aromatic N) is 3. The van der Waals surface area contributed by atoms with Crippen molar-refractivity contribution < 1.29 is 27.5 Å². The highest BCUT2D eigenvalue weighted by Crippen LogP contribution is 2.37. The topological polar surface area (TPSA) is 97.6 Å². The molecule has 2 aliphatic carbocycles. The lowest BCUT2D eigenvalue weighted by Gasteiger charge is -2.43. The molecule has 3 aliphatic rings. The SMILES string of the molecule is COC1(C(=O)N[C@@H]2CCCC[C@H]2N2Cc3ccc(-c4nnc(C(F)F)o4)cc3C2=O)CCC1. The molecule has 10 heteroatoms. The number of aromatic nitrogens is 2. The molecule has 0 spiro atoms. The van der Waals surface area contributed by atoms with Gasteiger partial charge >= 0.3 is 6.43 Å². The minimum absolute atomic E-state index is 0.0486. The molecule has 176 valence electrons. The minimum atomic E-state index is -2.85. The van der Waals surface area contributed by atoms with Crippen molar-refractivity contribution in [1.29, 1.82) is 0 Å². The summed E-state index contributed by atoms with van der Waals surface area (Å²) >= 11 is 0. The van der Waals surface area contributed by atoms with Crippen LogP contribution in [0.3, 0.4) is 0 Å².